The first kappa shape index (κ1) is 26.9. The Morgan fingerprint density at radius 2 is 1.71 bits per heavy atom. The fourth-order valence-electron chi connectivity index (χ4n) is 5.58. The van der Waals surface area contributed by atoms with E-state index in [2.05, 4.69) is 63.2 Å². The van der Waals surface area contributed by atoms with Gasteiger partial charge in [0.25, 0.3) is 0 Å². The molecule has 1 aromatic carbocycles. The average molecular weight is 530 g/mol. The predicted octanol–water partition coefficient (Wildman–Crippen LogP) is 5.89. The lowest BCUT2D eigenvalue weighted by Crippen LogP contribution is -2.48. The van der Waals surface area contributed by atoms with E-state index in [-0.39, 0.29) is 18.5 Å². The molecule has 38 heavy (non-hydrogen) atoms. The molecule has 2 fully saturated rings. The van der Waals surface area contributed by atoms with Gasteiger partial charge in [-0.05, 0) is 32.3 Å². The summed E-state index contributed by atoms with van der Waals surface area (Å²) in [5.41, 5.74) is 3.78. The molecule has 1 saturated heterocycles. The highest BCUT2D eigenvalue weighted by molar-refractivity contribution is 5.91. The van der Waals surface area contributed by atoms with E-state index in [0.717, 1.165) is 75.1 Å². The zero-order chi connectivity index (χ0) is 26.7. The summed E-state index contributed by atoms with van der Waals surface area (Å²) in [6, 6.07) is 9.40. The largest absolute Gasteiger partial charge is 0.390 e. The molecule has 3 aromatic rings. The molecule has 0 unspecified atom stereocenters. The van der Waals surface area contributed by atoms with Crippen LogP contribution in [0.5, 0.6) is 0 Å². The predicted molar refractivity (Wildman–Crippen MR) is 144 cm³/mol. The number of piperazine rings is 1. The number of nitrogens with zero attached hydrogens (tertiary/aromatic N) is 6. The number of alkyl halides is 3. The average Bonchev–Trinajstić information content (AvgIpc) is 3.28. The zero-order valence-electron chi connectivity index (χ0n) is 22.3. The SMILES string of the molecule is CC(C)N1CCN(Cc2ccc(-c3nn(C4CCCCC4)c4nc(NCCC(F)(F)F)ncc34)cc2)CC1. The first-order valence-electron chi connectivity index (χ1n) is 13.9. The third-order valence-electron chi connectivity index (χ3n) is 7.83. The van der Waals surface area contributed by atoms with Crippen LogP contribution in [0.25, 0.3) is 22.3 Å². The molecule has 2 aromatic heterocycles. The Morgan fingerprint density at radius 1 is 1.00 bits per heavy atom. The van der Waals surface area contributed by atoms with Crippen LogP contribution in [0.2, 0.25) is 0 Å². The molecule has 10 heteroatoms. The summed E-state index contributed by atoms with van der Waals surface area (Å²) in [6.45, 7) is 9.54. The molecule has 5 rings (SSSR count). The first-order chi connectivity index (χ1) is 18.3. The maximum atomic E-state index is 12.6. The molecule has 0 atom stereocenters. The van der Waals surface area contributed by atoms with Gasteiger partial charge < -0.3 is 5.32 Å². The Morgan fingerprint density at radius 3 is 2.37 bits per heavy atom. The number of rotatable bonds is 8. The second-order valence-corrected chi connectivity index (χ2v) is 10.9. The molecule has 0 amide bonds. The number of hydrogen-bond acceptors (Lipinski definition) is 6. The minimum atomic E-state index is -4.22. The summed E-state index contributed by atoms with van der Waals surface area (Å²) in [7, 11) is 0. The molecule has 0 radical (unpaired) electrons. The van der Waals surface area contributed by atoms with Gasteiger partial charge in [-0.25, -0.2) is 9.67 Å². The minimum Gasteiger partial charge on any atom is -0.354 e. The number of benzene rings is 1. The second-order valence-electron chi connectivity index (χ2n) is 10.9. The number of anilines is 1. The Hall–Kier alpha value is -2.72. The van der Waals surface area contributed by atoms with E-state index in [9.17, 15) is 13.2 Å². The van der Waals surface area contributed by atoms with Crippen LogP contribution in [0, 0.1) is 0 Å². The second kappa shape index (κ2) is 11.6. The van der Waals surface area contributed by atoms with Crippen molar-refractivity contribution >= 4 is 17.0 Å². The quantitative estimate of drug-likeness (QED) is 0.393. The van der Waals surface area contributed by atoms with Crippen LogP contribution in [0.15, 0.2) is 30.5 Å². The van der Waals surface area contributed by atoms with Crippen molar-refractivity contribution in [1.82, 2.24) is 29.5 Å². The third kappa shape index (κ3) is 6.46. The van der Waals surface area contributed by atoms with Gasteiger partial charge in [0.1, 0.15) is 5.69 Å². The van der Waals surface area contributed by atoms with E-state index in [1.54, 1.807) is 6.20 Å². The van der Waals surface area contributed by atoms with Crippen molar-refractivity contribution in [2.45, 2.75) is 77.2 Å². The fraction of sp³-hybridized carbons (Fsp3) is 0.607. The molecular formula is C28H38F3N7. The lowest BCUT2D eigenvalue weighted by atomic mass is 9.96. The Labute approximate surface area is 222 Å². The molecule has 206 valence electrons. The summed E-state index contributed by atoms with van der Waals surface area (Å²) in [5, 5.41) is 8.57. The van der Waals surface area contributed by atoms with Crippen molar-refractivity contribution in [2.24, 2.45) is 0 Å². The van der Waals surface area contributed by atoms with Gasteiger partial charge in [-0.2, -0.15) is 23.3 Å². The van der Waals surface area contributed by atoms with E-state index >= 15 is 0 Å². The fourth-order valence-corrected chi connectivity index (χ4v) is 5.58. The van der Waals surface area contributed by atoms with Crippen molar-refractivity contribution in [3.05, 3.63) is 36.0 Å². The van der Waals surface area contributed by atoms with Crippen LogP contribution in [0.4, 0.5) is 19.1 Å². The smallest absolute Gasteiger partial charge is 0.354 e. The highest BCUT2D eigenvalue weighted by atomic mass is 19.4. The van der Waals surface area contributed by atoms with Crippen molar-refractivity contribution < 1.29 is 13.2 Å². The molecule has 1 N–H and O–H groups in total. The monoisotopic (exact) mass is 529 g/mol. The molecule has 1 aliphatic carbocycles. The van der Waals surface area contributed by atoms with E-state index in [0.29, 0.717) is 11.7 Å². The van der Waals surface area contributed by atoms with E-state index in [1.165, 1.54) is 12.0 Å². The minimum absolute atomic E-state index is 0.207. The van der Waals surface area contributed by atoms with Crippen LogP contribution in [0.3, 0.4) is 0 Å². The Bertz CT molecular complexity index is 1190. The van der Waals surface area contributed by atoms with E-state index in [1.807, 2.05) is 4.68 Å². The van der Waals surface area contributed by atoms with Crippen LogP contribution >= 0.6 is 0 Å². The molecular weight excluding hydrogens is 491 g/mol. The van der Waals surface area contributed by atoms with Crippen molar-refractivity contribution in [1.29, 1.82) is 0 Å². The molecule has 7 nitrogen and oxygen atoms in total. The number of halogens is 3. The Kier molecular flexibility index (Phi) is 8.18. The summed E-state index contributed by atoms with van der Waals surface area (Å²) in [4.78, 5) is 14.0. The maximum absolute atomic E-state index is 12.6. The third-order valence-corrected chi connectivity index (χ3v) is 7.83. The highest BCUT2D eigenvalue weighted by Crippen LogP contribution is 2.34. The molecule has 2 aliphatic rings. The van der Waals surface area contributed by atoms with Gasteiger partial charge in [0.15, 0.2) is 5.65 Å². The summed E-state index contributed by atoms with van der Waals surface area (Å²) >= 11 is 0. The summed E-state index contributed by atoms with van der Waals surface area (Å²) < 4.78 is 39.8. The number of nitrogens with one attached hydrogen (secondary N) is 1. The summed E-state index contributed by atoms with van der Waals surface area (Å²) in [6.07, 6.45) is 2.11. The Balaban J connectivity index is 1.36. The zero-order valence-corrected chi connectivity index (χ0v) is 22.3. The standard InChI is InChI=1S/C28H38F3N7/c1-20(2)37-16-14-36(15-17-37)19-21-8-10-22(11-9-21)25-24-18-33-27(32-13-12-28(29,30)31)34-26(24)38(35-25)23-6-4-3-5-7-23/h8-11,18,20,23H,3-7,12-17,19H2,1-2H3,(H,32,33,34). The van der Waals surface area contributed by atoms with Crippen LogP contribution < -0.4 is 5.32 Å². The number of hydrogen-bond donors (Lipinski definition) is 1. The van der Waals surface area contributed by atoms with Gasteiger partial charge in [-0.3, -0.25) is 9.80 Å². The topological polar surface area (TPSA) is 62.1 Å². The molecule has 0 bridgehead atoms. The van der Waals surface area contributed by atoms with Crippen molar-refractivity contribution in [2.75, 3.05) is 38.0 Å². The highest BCUT2D eigenvalue weighted by Gasteiger charge is 2.27. The van der Waals surface area contributed by atoms with E-state index in [4.69, 9.17) is 5.10 Å². The lowest BCUT2D eigenvalue weighted by molar-refractivity contribution is -0.131. The van der Waals surface area contributed by atoms with Gasteiger partial charge >= 0.3 is 6.18 Å². The maximum Gasteiger partial charge on any atom is 0.390 e. The first-order valence-corrected chi connectivity index (χ1v) is 13.9. The van der Waals surface area contributed by atoms with Gasteiger partial charge in [0.2, 0.25) is 5.95 Å². The van der Waals surface area contributed by atoms with Gasteiger partial charge in [-0.15, -0.1) is 0 Å². The molecule has 1 saturated carbocycles. The van der Waals surface area contributed by atoms with Crippen LogP contribution in [-0.4, -0.2) is 74.5 Å². The van der Waals surface area contributed by atoms with Crippen LogP contribution in [0.1, 0.15) is 64.0 Å². The van der Waals surface area contributed by atoms with Gasteiger partial charge in [-0.1, -0.05) is 43.5 Å². The number of aromatic nitrogens is 4. The molecule has 0 spiro atoms. The van der Waals surface area contributed by atoms with Gasteiger partial charge in [0, 0.05) is 57.1 Å². The number of fused-ring (bicyclic) bond motifs is 1. The van der Waals surface area contributed by atoms with Crippen LogP contribution in [-0.2, 0) is 6.54 Å². The summed E-state index contributed by atoms with van der Waals surface area (Å²) in [5.74, 6) is 0.207. The lowest BCUT2D eigenvalue weighted by Gasteiger charge is -2.36. The van der Waals surface area contributed by atoms with E-state index < -0.39 is 12.6 Å². The van der Waals surface area contributed by atoms with Crippen molar-refractivity contribution in [3.63, 3.8) is 0 Å². The van der Waals surface area contributed by atoms with Gasteiger partial charge in [0.05, 0.1) is 17.8 Å². The molecule has 3 heterocycles. The van der Waals surface area contributed by atoms with Crippen molar-refractivity contribution in [3.8, 4) is 11.3 Å². The normalized spacial score (nSPS) is 18.5. The molecule has 1 aliphatic heterocycles.